The standard InChI is InChI=1S/C20H32N4O2/c1-26-19-8-4-3-7-18(19)24-13-9-17(16-24)15-22-20(25)21-10-14-23-11-5-2-6-12-23/h3-4,7-8,17H,2,5-6,9-16H2,1H3,(H2,21,22,25). The van der Waals surface area contributed by atoms with Crippen molar-refractivity contribution in [3.8, 4) is 5.75 Å². The molecule has 2 aliphatic heterocycles. The van der Waals surface area contributed by atoms with Crippen molar-refractivity contribution in [1.82, 2.24) is 15.5 Å². The van der Waals surface area contributed by atoms with Crippen LogP contribution in [0, 0.1) is 5.92 Å². The van der Waals surface area contributed by atoms with Gasteiger partial charge in [-0.2, -0.15) is 0 Å². The third-order valence-electron chi connectivity index (χ3n) is 5.43. The van der Waals surface area contributed by atoms with Crippen LogP contribution in [0.25, 0.3) is 0 Å². The second-order valence-corrected chi connectivity index (χ2v) is 7.31. The van der Waals surface area contributed by atoms with Crippen LogP contribution in [0.3, 0.4) is 0 Å². The number of anilines is 1. The molecule has 2 aliphatic rings. The number of carbonyl (C=O) groups is 1. The molecule has 0 radical (unpaired) electrons. The zero-order valence-corrected chi connectivity index (χ0v) is 15.9. The predicted molar refractivity (Wildman–Crippen MR) is 105 cm³/mol. The summed E-state index contributed by atoms with van der Waals surface area (Å²) < 4.78 is 5.46. The molecule has 3 rings (SSSR count). The van der Waals surface area contributed by atoms with Crippen molar-refractivity contribution >= 4 is 11.7 Å². The van der Waals surface area contributed by atoms with Crippen molar-refractivity contribution in [2.24, 2.45) is 5.92 Å². The van der Waals surface area contributed by atoms with Gasteiger partial charge in [0.1, 0.15) is 5.75 Å². The Morgan fingerprint density at radius 1 is 1.15 bits per heavy atom. The van der Waals surface area contributed by atoms with Crippen LogP contribution >= 0.6 is 0 Å². The summed E-state index contributed by atoms with van der Waals surface area (Å²) >= 11 is 0. The van der Waals surface area contributed by atoms with Crippen LogP contribution in [0.2, 0.25) is 0 Å². The number of likely N-dealkylation sites (tertiary alicyclic amines) is 1. The van der Waals surface area contributed by atoms with E-state index in [9.17, 15) is 4.79 Å². The average molecular weight is 361 g/mol. The number of piperidine rings is 1. The molecule has 0 saturated carbocycles. The first-order valence-corrected chi connectivity index (χ1v) is 9.88. The molecule has 0 bridgehead atoms. The van der Waals surface area contributed by atoms with Gasteiger partial charge in [-0.1, -0.05) is 18.6 Å². The number of hydrogen-bond donors (Lipinski definition) is 2. The van der Waals surface area contributed by atoms with Gasteiger partial charge in [0.15, 0.2) is 0 Å². The number of nitrogens with one attached hydrogen (secondary N) is 2. The fourth-order valence-electron chi connectivity index (χ4n) is 3.92. The van der Waals surface area contributed by atoms with E-state index in [1.165, 1.54) is 32.4 Å². The Balaban J connectivity index is 1.34. The lowest BCUT2D eigenvalue weighted by Crippen LogP contribution is -2.43. The third-order valence-corrected chi connectivity index (χ3v) is 5.43. The SMILES string of the molecule is COc1ccccc1N1CCC(CNC(=O)NCCN2CCCCC2)C1. The first-order chi connectivity index (χ1) is 12.8. The molecule has 26 heavy (non-hydrogen) atoms. The lowest BCUT2D eigenvalue weighted by molar-refractivity contribution is 0.220. The average Bonchev–Trinajstić information content (AvgIpc) is 3.16. The zero-order chi connectivity index (χ0) is 18.2. The second kappa shape index (κ2) is 9.67. The molecule has 1 aromatic rings. The Labute approximate surface area is 156 Å². The van der Waals surface area contributed by atoms with Crippen molar-refractivity contribution < 1.29 is 9.53 Å². The van der Waals surface area contributed by atoms with Crippen LogP contribution in [0.15, 0.2) is 24.3 Å². The first kappa shape index (κ1) is 18.8. The Morgan fingerprint density at radius 2 is 1.96 bits per heavy atom. The minimum atomic E-state index is -0.0437. The number of nitrogens with zero attached hydrogens (tertiary/aromatic N) is 2. The lowest BCUT2D eigenvalue weighted by atomic mass is 10.1. The van der Waals surface area contributed by atoms with E-state index < -0.39 is 0 Å². The second-order valence-electron chi connectivity index (χ2n) is 7.31. The van der Waals surface area contributed by atoms with E-state index in [0.717, 1.165) is 50.6 Å². The molecular formula is C20H32N4O2. The molecule has 2 fully saturated rings. The molecule has 2 heterocycles. The van der Waals surface area contributed by atoms with E-state index in [-0.39, 0.29) is 6.03 Å². The number of methoxy groups -OCH3 is 1. The highest BCUT2D eigenvalue weighted by atomic mass is 16.5. The summed E-state index contributed by atoms with van der Waals surface area (Å²) in [6.07, 6.45) is 5.01. The smallest absolute Gasteiger partial charge is 0.314 e. The van der Waals surface area contributed by atoms with Crippen molar-refractivity contribution in [3.63, 3.8) is 0 Å². The molecule has 0 spiro atoms. The van der Waals surface area contributed by atoms with Crippen LogP contribution in [-0.2, 0) is 0 Å². The van der Waals surface area contributed by atoms with Crippen molar-refractivity contribution in [3.05, 3.63) is 24.3 Å². The molecule has 2 amide bonds. The molecule has 6 nitrogen and oxygen atoms in total. The fourth-order valence-corrected chi connectivity index (χ4v) is 3.92. The van der Waals surface area contributed by atoms with E-state index in [2.05, 4.69) is 26.5 Å². The van der Waals surface area contributed by atoms with Gasteiger partial charge in [0.05, 0.1) is 12.8 Å². The normalized spacial score (nSPS) is 20.8. The maximum atomic E-state index is 12.0. The summed E-state index contributed by atoms with van der Waals surface area (Å²) in [5.74, 6) is 1.39. The summed E-state index contributed by atoms with van der Waals surface area (Å²) in [4.78, 5) is 16.8. The van der Waals surface area contributed by atoms with E-state index >= 15 is 0 Å². The number of hydrogen-bond acceptors (Lipinski definition) is 4. The fraction of sp³-hybridized carbons (Fsp3) is 0.650. The summed E-state index contributed by atoms with van der Waals surface area (Å²) in [6.45, 7) is 6.70. The lowest BCUT2D eigenvalue weighted by Gasteiger charge is -2.26. The van der Waals surface area contributed by atoms with Gasteiger partial charge in [-0.25, -0.2) is 4.79 Å². The minimum Gasteiger partial charge on any atom is -0.495 e. The number of benzene rings is 1. The molecule has 144 valence electrons. The molecule has 1 atom stereocenters. The molecule has 2 N–H and O–H groups in total. The summed E-state index contributed by atoms with van der Waals surface area (Å²) in [7, 11) is 1.71. The maximum absolute atomic E-state index is 12.0. The molecule has 0 aliphatic carbocycles. The summed E-state index contributed by atoms with van der Waals surface area (Å²) in [6, 6.07) is 8.08. The van der Waals surface area contributed by atoms with Gasteiger partial charge in [-0.3, -0.25) is 0 Å². The number of rotatable bonds is 7. The number of para-hydroxylation sites is 2. The van der Waals surface area contributed by atoms with E-state index in [1.54, 1.807) is 7.11 Å². The van der Waals surface area contributed by atoms with Crippen LogP contribution in [-0.4, -0.2) is 63.9 Å². The number of carbonyl (C=O) groups excluding carboxylic acids is 1. The monoisotopic (exact) mass is 360 g/mol. The first-order valence-electron chi connectivity index (χ1n) is 9.88. The molecule has 1 aromatic carbocycles. The quantitative estimate of drug-likeness (QED) is 0.783. The summed E-state index contributed by atoms with van der Waals surface area (Å²) in [5.41, 5.74) is 1.14. The van der Waals surface area contributed by atoms with Gasteiger partial charge in [0.25, 0.3) is 0 Å². The Hall–Kier alpha value is -1.95. The zero-order valence-electron chi connectivity index (χ0n) is 15.9. The highest BCUT2D eigenvalue weighted by Crippen LogP contribution is 2.31. The minimum absolute atomic E-state index is 0.0437. The van der Waals surface area contributed by atoms with Gasteiger partial charge in [0.2, 0.25) is 0 Å². The van der Waals surface area contributed by atoms with Crippen LogP contribution in [0.4, 0.5) is 10.5 Å². The van der Waals surface area contributed by atoms with Gasteiger partial charge in [-0.15, -0.1) is 0 Å². The van der Waals surface area contributed by atoms with Gasteiger partial charge in [-0.05, 0) is 50.4 Å². The van der Waals surface area contributed by atoms with Crippen molar-refractivity contribution in [2.45, 2.75) is 25.7 Å². The van der Waals surface area contributed by atoms with Crippen molar-refractivity contribution in [1.29, 1.82) is 0 Å². The highest BCUT2D eigenvalue weighted by Gasteiger charge is 2.24. The topological polar surface area (TPSA) is 56.8 Å². The van der Waals surface area contributed by atoms with Gasteiger partial charge >= 0.3 is 6.03 Å². The van der Waals surface area contributed by atoms with Gasteiger partial charge in [0, 0.05) is 32.7 Å². The number of urea groups is 1. The van der Waals surface area contributed by atoms with Crippen LogP contribution < -0.4 is 20.3 Å². The Bertz CT molecular complexity index is 575. The molecule has 2 saturated heterocycles. The molecule has 0 aromatic heterocycles. The largest absolute Gasteiger partial charge is 0.495 e. The molecule has 6 heteroatoms. The predicted octanol–water partition coefficient (Wildman–Crippen LogP) is 2.31. The third kappa shape index (κ3) is 5.27. The molecular weight excluding hydrogens is 328 g/mol. The summed E-state index contributed by atoms with van der Waals surface area (Å²) in [5, 5.41) is 6.03. The van der Waals surface area contributed by atoms with E-state index in [4.69, 9.17) is 4.74 Å². The van der Waals surface area contributed by atoms with Crippen molar-refractivity contribution in [2.75, 3.05) is 57.8 Å². The van der Waals surface area contributed by atoms with E-state index in [1.807, 2.05) is 18.2 Å². The number of amides is 2. The Morgan fingerprint density at radius 3 is 2.77 bits per heavy atom. The maximum Gasteiger partial charge on any atom is 0.314 e. The highest BCUT2D eigenvalue weighted by molar-refractivity contribution is 5.73. The van der Waals surface area contributed by atoms with E-state index in [0.29, 0.717) is 5.92 Å². The number of ether oxygens (including phenoxy) is 1. The van der Waals surface area contributed by atoms with Crippen LogP contribution in [0.1, 0.15) is 25.7 Å². The Kier molecular flexibility index (Phi) is 7.00. The van der Waals surface area contributed by atoms with Gasteiger partial charge < -0.3 is 25.2 Å². The molecule has 1 unspecified atom stereocenters. The van der Waals surface area contributed by atoms with Crippen LogP contribution in [0.5, 0.6) is 5.75 Å².